The van der Waals surface area contributed by atoms with Gasteiger partial charge in [-0.2, -0.15) is 10.1 Å². The molecule has 1 aromatic carbocycles. The van der Waals surface area contributed by atoms with Crippen LogP contribution in [-0.2, 0) is 11.3 Å². The van der Waals surface area contributed by atoms with E-state index in [1.807, 2.05) is 35.1 Å². The molecule has 0 aliphatic heterocycles. The highest BCUT2D eigenvalue weighted by Crippen LogP contribution is 2.22. The van der Waals surface area contributed by atoms with Crippen molar-refractivity contribution in [1.29, 1.82) is 0 Å². The van der Waals surface area contributed by atoms with Crippen LogP contribution in [0.4, 0.5) is 5.95 Å². The van der Waals surface area contributed by atoms with Crippen LogP contribution < -0.4 is 11.1 Å². The molecule has 4 aromatic rings. The van der Waals surface area contributed by atoms with Gasteiger partial charge in [-0.3, -0.25) is 14.5 Å². The van der Waals surface area contributed by atoms with Gasteiger partial charge in [0.05, 0.1) is 12.7 Å². The first kappa shape index (κ1) is 17.9. The second-order valence-corrected chi connectivity index (χ2v) is 6.74. The van der Waals surface area contributed by atoms with Gasteiger partial charge in [0.1, 0.15) is 11.7 Å². The zero-order chi connectivity index (χ0) is 19.7. The van der Waals surface area contributed by atoms with Crippen molar-refractivity contribution in [3.8, 4) is 11.3 Å². The molecular weight excluding hydrogens is 380 g/mol. The van der Waals surface area contributed by atoms with Crippen molar-refractivity contribution in [2.45, 2.75) is 19.5 Å². The highest BCUT2D eigenvalue weighted by Gasteiger charge is 2.15. The quantitative estimate of drug-likeness (QED) is 0.514. The molecule has 0 spiro atoms. The third-order valence-electron chi connectivity index (χ3n) is 4.19. The number of hydrogen-bond acceptors (Lipinski definition) is 6. The van der Waals surface area contributed by atoms with Gasteiger partial charge < -0.3 is 11.1 Å². The van der Waals surface area contributed by atoms with Crippen LogP contribution in [0.25, 0.3) is 16.9 Å². The van der Waals surface area contributed by atoms with Crippen LogP contribution in [0.5, 0.6) is 0 Å². The Morgan fingerprint density at radius 1 is 1.32 bits per heavy atom. The maximum absolute atomic E-state index is 11.2. The van der Waals surface area contributed by atoms with E-state index in [0.717, 1.165) is 11.1 Å². The number of nitrogens with one attached hydrogen (secondary N) is 1. The number of aromatic nitrogens is 6. The van der Waals surface area contributed by atoms with Gasteiger partial charge in [-0.15, -0.1) is 5.10 Å². The Labute approximate surface area is 165 Å². The van der Waals surface area contributed by atoms with Crippen LogP contribution in [0.15, 0.2) is 49.1 Å². The number of benzene rings is 1. The molecule has 0 unspecified atom stereocenters. The van der Waals surface area contributed by atoms with E-state index in [9.17, 15) is 4.79 Å². The predicted octanol–water partition coefficient (Wildman–Crippen LogP) is 1.98. The lowest BCUT2D eigenvalue weighted by atomic mass is 10.2. The van der Waals surface area contributed by atoms with Crippen molar-refractivity contribution in [2.75, 3.05) is 5.32 Å². The second kappa shape index (κ2) is 7.28. The minimum atomic E-state index is -0.587. The lowest BCUT2D eigenvalue weighted by molar-refractivity contribution is -0.118. The van der Waals surface area contributed by atoms with E-state index in [-0.39, 0.29) is 0 Å². The van der Waals surface area contributed by atoms with Crippen LogP contribution in [-0.4, -0.2) is 41.3 Å². The zero-order valence-corrected chi connectivity index (χ0v) is 15.7. The van der Waals surface area contributed by atoms with Crippen LogP contribution in [0.2, 0.25) is 5.02 Å². The summed E-state index contributed by atoms with van der Waals surface area (Å²) in [5, 5.41) is 12.3. The lowest BCUT2D eigenvalue weighted by Crippen LogP contribution is -2.32. The van der Waals surface area contributed by atoms with E-state index in [4.69, 9.17) is 17.3 Å². The number of rotatable bonds is 6. The van der Waals surface area contributed by atoms with Crippen LogP contribution in [0.3, 0.4) is 0 Å². The molecule has 10 heteroatoms. The Balaban J connectivity index is 1.62. The van der Waals surface area contributed by atoms with E-state index in [1.165, 1.54) is 0 Å². The molecule has 0 aliphatic carbocycles. The zero-order valence-electron chi connectivity index (χ0n) is 15.0. The number of nitrogens with two attached hydrogens (primary N) is 1. The molecule has 0 radical (unpaired) electrons. The summed E-state index contributed by atoms with van der Waals surface area (Å²) in [7, 11) is 0. The Bertz CT molecular complexity index is 1130. The minimum absolute atomic E-state index is 0.300. The summed E-state index contributed by atoms with van der Waals surface area (Å²) in [6.07, 6.45) is 6.94. The Morgan fingerprint density at radius 3 is 2.86 bits per heavy atom. The molecule has 1 amide bonds. The van der Waals surface area contributed by atoms with E-state index in [0.29, 0.717) is 28.9 Å². The number of primary amides is 1. The summed E-state index contributed by atoms with van der Waals surface area (Å²) in [6.45, 7) is 2.25. The second-order valence-electron chi connectivity index (χ2n) is 6.30. The molecule has 142 valence electrons. The van der Waals surface area contributed by atoms with Gasteiger partial charge in [0.15, 0.2) is 5.65 Å². The van der Waals surface area contributed by atoms with E-state index < -0.39 is 11.9 Å². The molecule has 3 N–H and O–H groups in total. The largest absolute Gasteiger partial charge is 0.368 e. The van der Waals surface area contributed by atoms with Crippen molar-refractivity contribution in [2.24, 2.45) is 5.73 Å². The number of carbonyl (C=O) groups excluding carboxylic acids is 1. The number of halogens is 1. The third-order valence-corrected chi connectivity index (χ3v) is 4.44. The summed E-state index contributed by atoms with van der Waals surface area (Å²) < 4.78 is 3.41. The fourth-order valence-electron chi connectivity index (χ4n) is 2.70. The topological polar surface area (TPSA) is 116 Å². The molecule has 0 saturated heterocycles. The third kappa shape index (κ3) is 3.65. The molecule has 0 bridgehead atoms. The molecule has 0 fully saturated rings. The summed E-state index contributed by atoms with van der Waals surface area (Å²) in [4.78, 5) is 20.1. The van der Waals surface area contributed by atoms with Gasteiger partial charge in [0.2, 0.25) is 11.9 Å². The maximum atomic E-state index is 11.2. The first-order chi connectivity index (χ1) is 13.5. The SMILES string of the molecule is C[C@H](Nc1nc2c(-c3cnn(Cc4ccc(Cl)cc4)c3)nccn2n1)C(N)=O. The first-order valence-electron chi connectivity index (χ1n) is 8.54. The first-order valence-corrected chi connectivity index (χ1v) is 8.92. The number of amides is 1. The van der Waals surface area contributed by atoms with Crippen LogP contribution in [0, 0.1) is 0 Å². The smallest absolute Gasteiger partial charge is 0.243 e. The highest BCUT2D eigenvalue weighted by atomic mass is 35.5. The molecule has 3 heterocycles. The van der Waals surface area contributed by atoms with Crippen molar-refractivity contribution in [3.05, 3.63) is 59.6 Å². The average Bonchev–Trinajstić information content (AvgIpc) is 3.29. The number of fused-ring (bicyclic) bond motifs is 1. The van der Waals surface area contributed by atoms with E-state index in [1.54, 1.807) is 30.0 Å². The fourth-order valence-corrected chi connectivity index (χ4v) is 2.82. The van der Waals surface area contributed by atoms with Crippen LogP contribution in [0.1, 0.15) is 12.5 Å². The Morgan fingerprint density at radius 2 is 2.11 bits per heavy atom. The van der Waals surface area contributed by atoms with Gasteiger partial charge in [-0.25, -0.2) is 4.52 Å². The highest BCUT2D eigenvalue weighted by molar-refractivity contribution is 6.30. The van der Waals surface area contributed by atoms with Crippen molar-refractivity contribution < 1.29 is 4.79 Å². The summed E-state index contributed by atoms with van der Waals surface area (Å²) in [5.41, 5.74) is 8.35. The van der Waals surface area contributed by atoms with Crippen molar-refractivity contribution in [1.82, 2.24) is 29.4 Å². The molecule has 0 aliphatic rings. The standard InChI is InChI=1S/C18H17ClN8O/c1-11(16(20)28)23-18-24-17-15(21-6-7-27(17)25-18)13-8-22-26(10-13)9-12-2-4-14(19)5-3-12/h2-8,10-11H,9H2,1H3,(H2,20,28)(H,23,25)/t11-/m0/s1. The summed E-state index contributed by atoms with van der Waals surface area (Å²) in [6, 6.07) is 7.02. The Kier molecular flexibility index (Phi) is 4.66. The lowest BCUT2D eigenvalue weighted by Gasteiger charge is -2.06. The van der Waals surface area contributed by atoms with E-state index in [2.05, 4.69) is 25.5 Å². The number of nitrogens with zero attached hydrogens (tertiary/aromatic N) is 6. The molecule has 3 aromatic heterocycles. The number of carbonyl (C=O) groups is 1. The molecule has 9 nitrogen and oxygen atoms in total. The molecule has 28 heavy (non-hydrogen) atoms. The van der Waals surface area contributed by atoms with Gasteiger partial charge in [-0.05, 0) is 24.6 Å². The average molecular weight is 397 g/mol. The van der Waals surface area contributed by atoms with Gasteiger partial charge in [-0.1, -0.05) is 23.7 Å². The van der Waals surface area contributed by atoms with E-state index >= 15 is 0 Å². The number of anilines is 1. The van der Waals surface area contributed by atoms with Crippen LogP contribution >= 0.6 is 11.6 Å². The van der Waals surface area contributed by atoms with Gasteiger partial charge in [0, 0.05) is 29.2 Å². The molecule has 0 saturated carbocycles. The Hall–Kier alpha value is -3.46. The number of hydrogen-bond donors (Lipinski definition) is 2. The maximum Gasteiger partial charge on any atom is 0.243 e. The van der Waals surface area contributed by atoms with Gasteiger partial charge in [0.25, 0.3) is 0 Å². The minimum Gasteiger partial charge on any atom is -0.368 e. The predicted molar refractivity (Wildman–Crippen MR) is 105 cm³/mol. The molecule has 4 rings (SSSR count). The fraction of sp³-hybridized carbons (Fsp3) is 0.167. The summed E-state index contributed by atoms with van der Waals surface area (Å²) >= 11 is 5.93. The van der Waals surface area contributed by atoms with Crippen molar-refractivity contribution >= 4 is 29.1 Å². The van der Waals surface area contributed by atoms with Gasteiger partial charge >= 0.3 is 0 Å². The molecule has 1 atom stereocenters. The monoisotopic (exact) mass is 396 g/mol. The normalized spacial score (nSPS) is 12.2. The summed E-state index contributed by atoms with van der Waals surface area (Å²) in [5.74, 6) is -0.185. The molecular formula is C18H17ClN8O. The van der Waals surface area contributed by atoms with Crippen molar-refractivity contribution in [3.63, 3.8) is 0 Å².